The minimum atomic E-state index is -1.34. The van der Waals surface area contributed by atoms with Gasteiger partial charge < -0.3 is 15.0 Å². The Bertz CT molecular complexity index is 1130. The second-order valence-corrected chi connectivity index (χ2v) is 9.54. The van der Waals surface area contributed by atoms with E-state index in [2.05, 4.69) is 10.3 Å². The van der Waals surface area contributed by atoms with Crippen molar-refractivity contribution in [3.8, 4) is 0 Å². The van der Waals surface area contributed by atoms with Crippen molar-refractivity contribution >= 4 is 17.8 Å². The van der Waals surface area contributed by atoms with Gasteiger partial charge in [-0.15, -0.1) is 0 Å². The molecule has 10 heteroatoms. The molecule has 1 aromatic heterocycles. The summed E-state index contributed by atoms with van der Waals surface area (Å²) in [4.78, 5) is 46.9. The van der Waals surface area contributed by atoms with E-state index in [0.717, 1.165) is 25.0 Å². The minimum absolute atomic E-state index is 0.183. The van der Waals surface area contributed by atoms with Crippen molar-refractivity contribution in [1.29, 1.82) is 0 Å². The molecule has 0 saturated carbocycles. The Labute approximate surface area is 207 Å². The monoisotopic (exact) mass is 498 g/mol. The van der Waals surface area contributed by atoms with Gasteiger partial charge in [0.05, 0.1) is 24.8 Å². The molecule has 36 heavy (non-hydrogen) atoms. The number of benzene rings is 1. The predicted octanol–water partition coefficient (Wildman–Crippen LogP) is 2.77. The first-order valence-corrected chi connectivity index (χ1v) is 12.3. The highest BCUT2D eigenvalue weighted by Crippen LogP contribution is 2.41. The van der Waals surface area contributed by atoms with Gasteiger partial charge in [-0.2, -0.15) is 0 Å². The number of pyridine rings is 1. The lowest BCUT2D eigenvalue weighted by Crippen LogP contribution is -2.55. The second-order valence-electron chi connectivity index (χ2n) is 9.54. The van der Waals surface area contributed by atoms with E-state index in [1.807, 2.05) is 0 Å². The summed E-state index contributed by atoms with van der Waals surface area (Å²) in [6, 6.07) is 8.29. The van der Waals surface area contributed by atoms with Gasteiger partial charge in [0.25, 0.3) is 5.91 Å². The summed E-state index contributed by atoms with van der Waals surface area (Å²) in [5.41, 5.74) is -1.14. The molecule has 4 amide bonds. The van der Waals surface area contributed by atoms with Crippen molar-refractivity contribution in [3.05, 3.63) is 65.5 Å². The lowest BCUT2D eigenvalue weighted by Gasteiger charge is -2.40. The van der Waals surface area contributed by atoms with Gasteiger partial charge in [-0.3, -0.25) is 19.5 Å². The van der Waals surface area contributed by atoms with Crippen LogP contribution >= 0.6 is 0 Å². The molecular weight excluding hydrogens is 470 g/mol. The maximum atomic E-state index is 14.0. The molecule has 3 aliphatic rings. The van der Waals surface area contributed by atoms with Crippen molar-refractivity contribution in [2.24, 2.45) is 5.92 Å². The predicted molar refractivity (Wildman–Crippen MR) is 124 cm³/mol. The van der Waals surface area contributed by atoms with Crippen LogP contribution in [0.1, 0.15) is 36.9 Å². The molecule has 4 heterocycles. The Morgan fingerprint density at radius 2 is 1.83 bits per heavy atom. The summed E-state index contributed by atoms with van der Waals surface area (Å²) in [5.74, 6) is -2.56. The van der Waals surface area contributed by atoms with Crippen LogP contribution in [0.25, 0.3) is 0 Å². The number of hydrogen-bond acceptors (Lipinski definition) is 5. The normalized spacial score (nSPS) is 24.9. The molecule has 1 N–H and O–H groups in total. The highest BCUT2D eigenvalue weighted by molar-refractivity contribution is 6.07. The molecule has 0 unspecified atom stereocenters. The Kier molecular flexibility index (Phi) is 6.70. The smallest absolute Gasteiger partial charge is 0.325 e. The number of likely N-dealkylation sites (tertiary alicyclic amines) is 1. The zero-order chi connectivity index (χ0) is 25.3. The zero-order valence-electron chi connectivity index (χ0n) is 19.8. The average molecular weight is 499 g/mol. The van der Waals surface area contributed by atoms with E-state index in [0.29, 0.717) is 38.2 Å². The summed E-state index contributed by atoms with van der Waals surface area (Å²) >= 11 is 0. The fourth-order valence-electron chi connectivity index (χ4n) is 5.53. The molecule has 0 bridgehead atoms. The zero-order valence-corrected chi connectivity index (χ0v) is 19.8. The van der Waals surface area contributed by atoms with Gasteiger partial charge in [-0.05, 0) is 49.9 Å². The first kappa shape index (κ1) is 24.3. The van der Waals surface area contributed by atoms with E-state index in [9.17, 15) is 23.2 Å². The maximum Gasteiger partial charge on any atom is 0.325 e. The number of halogens is 2. The first-order chi connectivity index (χ1) is 17.4. The van der Waals surface area contributed by atoms with Crippen molar-refractivity contribution in [1.82, 2.24) is 20.1 Å². The van der Waals surface area contributed by atoms with Crippen LogP contribution in [0.4, 0.5) is 13.6 Å². The van der Waals surface area contributed by atoms with Crippen molar-refractivity contribution < 1.29 is 27.9 Å². The van der Waals surface area contributed by atoms with Crippen LogP contribution in [0.2, 0.25) is 0 Å². The van der Waals surface area contributed by atoms with Gasteiger partial charge >= 0.3 is 6.03 Å². The Hall–Kier alpha value is -3.40. The topological polar surface area (TPSA) is 91.8 Å². The molecule has 2 atom stereocenters. The molecule has 3 aliphatic heterocycles. The molecule has 1 aromatic carbocycles. The fraction of sp³-hybridized carbons (Fsp3) is 0.462. The number of ether oxygens (including phenoxy) is 1. The summed E-state index contributed by atoms with van der Waals surface area (Å²) in [6.45, 7) is 1.39. The number of urea groups is 1. The Balaban J connectivity index is 1.34. The summed E-state index contributed by atoms with van der Waals surface area (Å²) < 4.78 is 33.7. The van der Waals surface area contributed by atoms with E-state index in [4.69, 9.17) is 4.74 Å². The van der Waals surface area contributed by atoms with Crippen LogP contribution in [0.3, 0.4) is 0 Å². The number of hydrogen-bond donors (Lipinski definition) is 1. The number of imide groups is 1. The molecule has 190 valence electrons. The van der Waals surface area contributed by atoms with E-state index in [1.54, 1.807) is 29.3 Å². The van der Waals surface area contributed by atoms with E-state index < -0.39 is 23.2 Å². The highest BCUT2D eigenvalue weighted by Gasteiger charge is 2.58. The number of aromatic nitrogens is 1. The number of carbonyl (C=O) groups excluding carboxylic acids is 3. The number of nitrogens with zero attached hydrogens (tertiary/aromatic N) is 3. The van der Waals surface area contributed by atoms with E-state index in [1.165, 1.54) is 11.0 Å². The summed E-state index contributed by atoms with van der Waals surface area (Å²) in [7, 11) is 0. The molecule has 8 nitrogen and oxygen atoms in total. The minimum Gasteiger partial charge on any atom is -0.376 e. The average Bonchev–Trinajstić information content (AvgIpc) is 3.50. The number of rotatable bonds is 6. The van der Waals surface area contributed by atoms with Gasteiger partial charge in [0, 0.05) is 37.4 Å². The maximum absolute atomic E-state index is 14.0. The van der Waals surface area contributed by atoms with Crippen molar-refractivity contribution in [3.63, 3.8) is 0 Å². The van der Waals surface area contributed by atoms with Crippen LogP contribution in [0, 0.1) is 17.6 Å². The molecule has 0 aliphatic carbocycles. The van der Waals surface area contributed by atoms with Crippen LogP contribution in [-0.2, 0) is 26.3 Å². The van der Waals surface area contributed by atoms with Gasteiger partial charge in [-0.1, -0.05) is 12.1 Å². The number of nitrogens with one attached hydrogen (secondary N) is 1. The van der Waals surface area contributed by atoms with E-state index >= 15 is 0 Å². The van der Waals surface area contributed by atoms with Gasteiger partial charge in [-0.25, -0.2) is 13.6 Å². The largest absolute Gasteiger partial charge is 0.376 e. The first-order valence-electron chi connectivity index (χ1n) is 12.3. The number of amides is 4. The molecule has 3 fully saturated rings. The number of piperidine rings is 1. The SMILES string of the molecule is O=C(Cc1c(F)cccc1F)N1CCC([C@@]2(c3ccccn3)NC(=O)N(C[C@H]3CCCO3)C2=O)CC1. The van der Waals surface area contributed by atoms with Gasteiger partial charge in [0.2, 0.25) is 5.91 Å². The van der Waals surface area contributed by atoms with Crippen molar-refractivity contribution in [2.45, 2.75) is 43.7 Å². The third-order valence-electron chi connectivity index (χ3n) is 7.46. The van der Waals surface area contributed by atoms with Crippen LogP contribution in [0.5, 0.6) is 0 Å². The summed E-state index contributed by atoms with van der Waals surface area (Å²) in [6.07, 6.45) is 3.54. The molecule has 3 saturated heterocycles. The van der Waals surface area contributed by atoms with Gasteiger partial charge in [0.1, 0.15) is 11.6 Å². The van der Waals surface area contributed by atoms with Gasteiger partial charge in [0.15, 0.2) is 5.54 Å². The molecule has 0 spiro atoms. The Morgan fingerprint density at radius 3 is 2.47 bits per heavy atom. The lowest BCUT2D eigenvalue weighted by atomic mass is 9.75. The van der Waals surface area contributed by atoms with E-state index in [-0.39, 0.29) is 42.4 Å². The van der Waals surface area contributed by atoms with Crippen molar-refractivity contribution in [2.75, 3.05) is 26.2 Å². The molecule has 5 rings (SSSR count). The fourth-order valence-corrected chi connectivity index (χ4v) is 5.53. The highest BCUT2D eigenvalue weighted by atomic mass is 19.1. The third kappa shape index (κ3) is 4.34. The van der Waals surface area contributed by atoms with Crippen LogP contribution < -0.4 is 5.32 Å². The number of carbonyl (C=O) groups is 3. The standard InChI is InChI=1S/C26H28F2N4O4/c27-20-6-3-7-21(28)19(20)15-23(33)31-12-9-17(10-13-31)26(22-8-1-2-11-29-22)24(34)32(25(35)30-26)16-18-5-4-14-36-18/h1-3,6-8,11,17-18H,4-5,9-10,12-16H2,(H,30,35)/t18-,26+/m1/s1. The lowest BCUT2D eigenvalue weighted by molar-refractivity contribution is -0.137. The molecule has 2 aromatic rings. The Morgan fingerprint density at radius 1 is 1.08 bits per heavy atom. The third-order valence-corrected chi connectivity index (χ3v) is 7.46. The quantitative estimate of drug-likeness (QED) is 0.619. The summed E-state index contributed by atoms with van der Waals surface area (Å²) in [5, 5.41) is 2.94. The van der Waals surface area contributed by atoms with Crippen LogP contribution in [0.15, 0.2) is 42.6 Å². The molecular formula is C26H28F2N4O4. The molecule has 0 radical (unpaired) electrons. The second kappa shape index (κ2) is 9.93. The van der Waals surface area contributed by atoms with Crippen LogP contribution in [-0.4, -0.2) is 65.0 Å².